The minimum Gasteiger partial charge on any atom is -0.457 e. The molecule has 33 heavy (non-hydrogen) atoms. The number of amides is 1. The first-order chi connectivity index (χ1) is 15.7. The number of non-ortho nitro benzene ring substituents is 1. The van der Waals surface area contributed by atoms with Crippen LogP contribution >= 0.6 is 23.2 Å². The second-order valence-corrected chi connectivity index (χ2v) is 8.21. The molecule has 1 N–H and O–H groups in total. The van der Waals surface area contributed by atoms with Gasteiger partial charge in [-0.1, -0.05) is 23.2 Å². The molecule has 1 amide bonds. The lowest BCUT2D eigenvalue weighted by Crippen LogP contribution is -2.21. The van der Waals surface area contributed by atoms with Gasteiger partial charge in [0.25, 0.3) is 12.1 Å². The monoisotopic (exact) mass is 496 g/mol. The largest absolute Gasteiger partial charge is 0.457 e. The van der Waals surface area contributed by atoms with Crippen molar-refractivity contribution in [3.8, 4) is 11.5 Å². The van der Waals surface area contributed by atoms with Crippen molar-refractivity contribution in [2.45, 2.75) is 31.7 Å². The molecule has 0 radical (unpaired) electrons. The molecule has 8 nitrogen and oxygen atoms in total. The minimum absolute atomic E-state index is 0.0255. The van der Waals surface area contributed by atoms with Crippen LogP contribution in [0.4, 0.5) is 20.2 Å². The highest BCUT2D eigenvalue weighted by Gasteiger charge is 2.34. The van der Waals surface area contributed by atoms with E-state index in [1.165, 1.54) is 16.8 Å². The molecular formula is C21H16Cl2F2N4O4. The Labute approximate surface area is 196 Å². The van der Waals surface area contributed by atoms with E-state index < -0.39 is 22.9 Å². The number of nitro groups is 1. The van der Waals surface area contributed by atoms with Crippen molar-refractivity contribution >= 4 is 40.5 Å². The Kier molecular flexibility index (Phi) is 6.48. The zero-order chi connectivity index (χ0) is 23.7. The average Bonchev–Trinajstić information content (AvgIpc) is 3.52. The van der Waals surface area contributed by atoms with Gasteiger partial charge in [-0.3, -0.25) is 19.6 Å². The number of rotatable bonds is 8. The van der Waals surface area contributed by atoms with Gasteiger partial charge in [0.1, 0.15) is 23.7 Å². The van der Waals surface area contributed by atoms with Gasteiger partial charge in [-0.15, -0.1) is 0 Å². The summed E-state index contributed by atoms with van der Waals surface area (Å²) in [6.07, 6.45) is -1.33. The van der Waals surface area contributed by atoms with Gasteiger partial charge in [0, 0.05) is 23.1 Å². The van der Waals surface area contributed by atoms with Crippen LogP contribution in [0.25, 0.3) is 0 Å². The lowest BCUT2D eigenvalue weighted by atomic mass is 10.2. The van der Waals surface area contributed by atoms with E-state index in [1.54, 1.807) is 24.3 Å². The van der Waals surface area contributed by atoms with Crippen LogP contribution in [0, 0.1) is 10.1 Å². The van der Waals surface area contributed by atoms with Crippen LogP contribution in [0.1, 0.15) is 36.6 Å². The maximum atomic E-state index is 13.2. The standard InChI is InChI=1S/C21H16Cl2F2N4O4/c22-12-3-5-15(6-4-12)33-16-8-13(7-14(9-16)29(31)32)26-17(30)10-28-20(11-1-2-11)18(23)19(27-28)21(24)25/h3-9,11,21H,1-2,10H2,(H,26,30). The maximum absolute atomic E-state index is 13.2. The molecule has 3 aromatic rings. The van der Waals surface area contributed by atoms with Crippen LogP contribution in [0.5, 0.6) is 11.5 Å². The number of aromatic nitrogens is 2. The molecule has 0 unspecified atom stereocenters. The molecule has 1 aromatic heterocycles. The molecule has 1 fully saturated rings. The van der Waals surface area contributed by atoms with Gasteiger partial charge in [0.2, 0.25) is 5.91 Å². The molecule has 0 spiro atoms. The van der Waals surface area contributed by atoms with Crippen LogP contribution in [-0.2, 0) is 11.3 Å². The van der Waals surface area contributed by atoms with E-state index in [0.717, 1.165) is 18.9 Å². The summed E-state index contributed by atoms with van der Waals surface area (Å²) >= 11 is 11.9. The first-order valence-electron chi connectivity index (χ1n) is 9.78. The number of nitrogens with zero attached hydrogens (tertiary/aromatic N) is 3. The number of nitrogens with one attached hydrogen (secondary N) is 1. The number of carbonyl (C=O) groups excluding carboxylic acids is 1. The molecular weight excluding hydrogens is 481 g/mol. The molecule has 1 aliphatic carbocycles. The number of halogens is 4. The van der Waals surface area contributed by atoms with Crippen molar-refractivity contribution in [3.63, 3.8) is 0 Å². The van der Waals surface area contributed by atoms with Crippen molar-refractivity contribution in [1.29, 1.82) is 0 Å². The highest BCUT2D eigenvalue weighted by Crippen LogP contribution is 2.45. The summed E-state index contributed by atoms with van der Waals surface area (Å²) in [5.41, 5.74) is -0.385. The maximum Gasteiger partial charge on any atom is 0.283 e. The Morgan fingerprint density at radius 1 is 1.21 bits per heavy atom. The minimum atomic E-state index is -2.87. The molecule has 1 aliphatic rings. The van der Waals surface area contributed by atoms with Crippen LogP contribution in [0.15, 0.2) is 42.5 Å². The summed E-state index contributed by atoms with van der Waals surface area (Å²) in [5.74, 6) is -0.142. The predicted octanol–water partition coefficient (Wildman–Crippen LogP) is 6.34. The molecule has 0 atom stereocenters. The molecule has 1 heterocycles. The highest BCUT2D eigenvalue weighted by atomic mass is 35.5. The zero-order valence-corrected chi connectivity index (χ0v) is 18.3. The number of hydrogen-bond donors (Lipinski definition) is 1. The van der Waals surface area contributed by atoms with E-state index in [-0.39, 0.29) is 34.6 Å². The lowest BCUT2D eigenvalue weighted by Gasteiger charge is -2.11. The van der Waals surface area contributed by atoms with Crippen LogP contribution in [0.3, 0.4) is 0 Å². The van der Waals surface area contributed by atoms with Crippen molar-refractivity contribution in [2.75, 3.05) is 5.32 Å². The smallest absolute Gasteiger partial charge is 0.283 e. The topological polar surface area (TPSA) is 99.3 Å². The summed E-state index contributed by atoms with van der Waals surface area (Å²) in [6, 6.07) is 10.1. The Morgan fingerprint density at radius 2 is 1.91 bits per heavy atom. The normalized spacial score (nSPS) is 13.2. The Balaban J connectivity index is 1.55. The molecule has 0 saturated heterocycles. The third-order valence-electron chi connectivity index (χ3n) is 4.86. The predicted molar refractivity (Wildman–Crippen MR) is 117 cm³/mol. The third kappa shape index (κ3) is 5.40. The highest BCUT2D eigenvalue weighted by molar-refractivity contribution is 6.32. The lowest BCUT2D eigenvalue weighted by molar-refractivity contribution is -0.384. The Bertz CT molecular complexity index is 1210. The van der Waals surface area contributed by atoms with Gasteiger partial charge in [-0.2, -0.15) is 5.10 Å². The molecule has 12 heteroatoms. The average molecular weight is 497 g/mol. The van der Waals surface area contributed by atoms with Crippen LogP contribution in [-0.4, -0.2) is 20.6 Å². The van der Waals surface area contributed by atoms with Crippen molar-refractivity contribution < 1.29 is 23.2 Å². The second-order valence-electron chi connectivity index (χ2n) is 7.39. The Hall–Kier alpha value is -3.24. The van der Waals surface area contributed by atoms with E-state index in [2.05, 4.69) is 10.4 Å². The molecule has 4 rings (SSSR count). The quantitative estimate of drug-likeness (QED) is 0.289. The van der Waals surface area contributed by atoms with E-state index in [4.69, 9.17) is 27.9 Å². The number of carbonyl (C=O) groups is 1. The third-order valence-corrected chi connectivity index (χ3v) is 5.49. The fourth-order valence-electron chi connectivity index (χ4n) is 3.27. The Morgan fingerprint density at radius 3 is 2.52 bits per heavy atom. The van der Waals surface area contributed by atoms with Crippen LogP contribution < -0.4 is 10.1 Å². The van der Waals surface area contributed by atoms with Gasteiger partial charge in [0.05, 0.1) is 27.4 Å². The number of hydrogen-bond acceptors (Lipinski definition) is 5. The number of anilines is 1. The molecule has 0 bridgehead atoms. The summed E-state index contributed by atoms with van der Waals surface area (Å²) in [6.45, 7) is -0.381. The van der Waals surface area contributed by atoms with Crippen molar-refractivity contribution in [2.24, 2.45) is 0 Å². The van der Waals surface area contributed by atoms with E-state index in [9.17, 15) is 23.7 Å². The summed E-state index contributed by atoms with van der Waals surface area (Å²) < 4.78 is 33.2. The SMILES string of the molecule is O=C(Cn1nc(C(F)F)c(Cl)c1C1CC1)Nc1cc(Oc2ccc(Cl)cc2)cc([N+](=O)[O-])c1. The fraction of sp³-hybridized carbons (Fsp3) is 0.238. The van der Waals surface area contributed by atoms with Gasteiger partial charge in [0.15, 0.2) is 0 Å². The van der Waals surface area contributed by atoms with E-state index in [1.807, 2.05) is 0 Å². The van der Waals surface area contributed by atoms with Gasteiger partial charge >= 0.3 is 0 Å². The number of nitro benzene ring substituents is 1. The van der Waals surface area contributed by atoms with Crippen molar-refractivity contribution in [3.05, 3.63) is 74.0 Å². The summed E-state index contributed by atoms with van der Waals surface area (Å²) in [4.78, 5) is 23.3. The van der Waals surface area contributed by atoms with E-state index >= 15 is 0 Å². The summed E-state index contributed by atoms with van der Waals surface area (Å²) in [7, 11) is 0. The number of ether oxygens (including phenoxy) is 1. The fourth-order valence-corrected chi connectivity index (χ4v) is 3.77. The summed E-state index contributed by atoms with van der Waals surface area (Å²) in [5, 5.41) is 18.0. The molecule has 172 valence electrons. The zero-order valence-electron chi connectivity index (χ0n) is 16.8. The molecule has 2 aromatic carbocycles. The second kappa shape index (κ2) is 9.32. The van der Waals surface area contributed by atoms with E-state index in [0.29, 0.717) is 16.5 Å². The van der Waals surface area contributed by atoms with Gasteiger partial charge < -0.3 is 10.1 Å². The first kappa shape index (κ1) is 22.9. The van der Waals surface area contributed by atoms with Gasteiger partial charge in [-0.25, -0.2) is 8.78 Å². The number of benzene rings is 2. The van der Waals surface area contributed by atoms with Gasteiger partial charge in [-0.05, 0) is 37.1 Å². The first-order valence-corrected chi connectivity index (χ1v) is 10.5. The molecule has 1 saturated carbocycles. The number of alkyl halides is 2. The van der Waals surface area contributed by atoms with Crippen LogP contribution in [0.2, 0.25) is 10.0 Å². The van der Waals surface area contributed by atoms with Crippen molar-refractivity contribution in [1.82, 2.24) is 9.78 Å². The molecule has 0 aliphatic heterocycles.